The van der Waals surface area contributed by atoms with Gasteiger partial charge in [-0.3, -0.25) is 4.90 Å². The fourth-order valence-electron chi connectivity index (χ4n) is 2.41. The molecule has 0 aliphatic carbocycles. The fraction of sp³-hybridized carbons (Fsp3) is 0.800. The Labute approximate surface area is 116 Å². The summed E-state index contributed by atoms with van der Waals surface area (Å²) in [4.78, 5) is 14.1. The average Bonchev–Trinajstić information content (AvgIpc) is 2.54. The smallest absolute Gasteiger partial charge is 0.412 e. The van der Waals surface area contributed by atoms with Gasteiger partial charge in [0.15, 0.2) is 0 Å². The first-order chi connectivity index (χ1) is 8.62. The average molecular weight is 269 g/mol. The Kier molecular flexibility index (Phi) is 4.67. The standard InChI is InChI=1S/C15H27NO3/c1-8-11(9-2)12-10-18-15(6,7)16(12)13(17)19-14(3,4)5/h8,11-12H,1,9-10H2,2-7H3/t11-,12+/m0/s1. The number of ether oxygens (including phenoxy) is 2. The number of amides is 1. The number of hydrogen-bond donors (Lipinski definition) is 0. The second kappa shape index (κ2) is 5.53. The highest BCUT2D eigenvalue weighted by atomic mass is 16.6. The van der Waals surface area contributed by atoms with Crippen LogP contribution in [0, 0.1) is 5.92 Å². The van der Waals surface area contributed by atoms with Crippen molar-refractivity contribution in [1.29, 1.82) is 0 Å². The highest BCUT2D eigenvalue weighted by Crippen LogP contribution is 2.34. The third kappa shape index (κ3) is 3.72. The normalized spacial score (nSPS) is 24.1. The molecule has 1 aliphatic rings. The molecule has 0 saturated carbocycles. The van der Waals surface area contributed by atoms with Gasteiger partial charge in [0.2, 0.25) is 0 Å². The second-order valence-electron chi connectivity index (χ2n) is 6.48. The van der Waals surface area contributed by atoms with E-state index in [4.69, 9.17) is 9.47 Å². The van der Waals surface area contributed by atoms with Crippen LogP contribution in [0.4, 0.5) is 4.79 Å². The molecule has 19 heavy (non-hydrogen) atoms. The van der Waals surface area contributed by atoms with E-state index in [0.29, 0.717) is 6.61 Å². The maximum Gasteiger partial charge on any atom is 0.412 e. The molecule has 0 N–H and O–H groups in total. The van der Waals surface area contributed by atoms with Crippen LogP contribution in [0.1, 0.15) is 48.0 Å². The van der Waals surface area contributed by atoms with Gasteiger partial charge in [0.25, 0.3) is 0 Å². The minimum absolute atomic E-state index is 0.00708. The lowest BCUT2D eigenvalue weighted by molar-refractivity contribution is -0.0637. The molecule has 4 heteroatoms. The van der Waals surface area contributed by atoms with Crippen LogP contribution in [0.5, 0.6) is 0 Å². The first-order valence-electron chi connectivity index (χ1n) is 6.91. The Bertz CT molecular complexity index is 344. The molecule has 0 radical (unpaired) electrons. The Balaban J connectivity index is 2.96. The Morgan fingerprint density at radius 1 is 1.58 bits per heavy atom. The number of carbonyl (C=O) groups is 1. The maximum absolute atomic E-state index is 12.4. The molecule has 4 nitrogen and oxygen atoms in total. The summed E-state index contributed by atoms with van der Waals surface area (Å²) in [5.74, 6) is 0.217. The molecular weight excluding hydrogens is 242 g/mol. The number of hydrogen-bond acceptors (Lipinski definition) is 3. The summed E-state index contributed by atoms with van der Waals surface area (Å²) in [7, 11) is 0. The van der Waals surface area contributed by atoms with E-state index in [-0.39, 0.29) is 18.1 Å². The molecule has 1 fully saturated rings. The van der Waals surface area contributed by atoms with Gasteiger partial charge in [0.1, 0.15) is 11.3 Å². The summed E-state index contributed by atoms with van der Waals surface area (Å²) in [5.41, 5.74) is -1.14. The van der Waals surface area contributed by atoms with Gasteiger partial charge in [-0.15, -0.1) is 6.58 Å². The van der Waals surface area contributed by atoms with Crippen molar-refractivity contribution in [2.45, 2.75) is 65.3 Å². The first-order valence-corrected chi connectivity index (χ1v) is 6.91. The van der Waals surface area contributed by atoms with E-state index in [2.05, 4.69) is 13.5 Å². The van der Waals surface area contributed by atoms with E-state index in [0.717, 1.165) is 6.42 Å². The molecule has 0 unspecified atom stereocenters. The molecule has 110 valence electrons. The quantitative estimate of drug-likeness (QED) is 0.735. The van der Waals surface area contributed by atoms with E-state index in [1.807, 2.05) is 40.7 Å². The van der Waals surface area contributed by atoms with E-state index >= 15 is 0 Å². The van der Waals surface area contributed by atoms with Crippen LogP contribution in [-0.4, -0.2) is 35.0 Å². The molecule has 1 rings (SSSR count). The van der Waals surface area contributed by atoms with Crippen LogP contribution in [0.2, 0.25) is 0 Å². The monoisotopic (exact) mass is 269 g/mol. The van der Waals surface area contributed by atoms with Gasteiger partial charge in [0.05, 0.1) is 12.6 Å². The van der Waals surface area contributed by atoms with Crippen LogP contribution in [0.25, 0.3) is 0 Å². The zero-order chi connectivity index (χ0) is 14.8. The Morgan fingerprint density at radius 3 is 2.58 bits per heavy atom. The minimum atomic E-state index is -0.635. The highest BCUT2D eigenvalue weighted by Gasteiger charge is 2.47. The molecule has 0 spiro atoms. The summed E-state index contributed by atoms with van der Waals surface area (Å²) in [6.45, 7) is 15.9. The van der Waals surface area contributed by atoms with E-state index in [1.165, 1.54) is 0 Å². The van der Waals surface area contributed by atoms with Crippen molar-refractivity contribution in [3.05, 3.63) is 12.7 Å². The van der Waals surface area contributed by atoms with Crippen molar-refractivity contribution in [3.8, 4) is 0 Å². The van der Waals surface area contributed by atoms with Crippen LogP contribution in [0.15, 0.2) is 12.7 Å². The van der Waals surface area contributed by atoms with Gasteiger partial charge < -0.3 is 9.47 Å². The van der Waals surface area contributed by atoms with Crippen molar-refractivity contribution >= 4 is 6.09 Å². The Hall–Kier alpha value is -1.03. The molecule has 1 aliphatic heterocycles. The number of nitrogens with zero attached hydrogens (tertiary/aromatic N) is 1. The van der Waals surface area contributed by atoms with Crippen LogP contribution < -0.4 is 0 Å². The van der Waals surface area contributed by atoms with Gasteiger partial charge in [-0.2, -0.15) is 0 Å². The van der Waals surface area contributed by atoms with Gasteiger partial charge in [-0.25, -0.2) is 4.79 Å². The molecule has 0 aromatic carbocycles. The predicted molar refractivity (Wildman–Crippen MR) is 75.9 cm³/mol. The largest absolute Gasteiger partial charge is 0.444 e. The zero-order valence-corrected chi connectivity index (χ0v) is 13.0. The molecule has 1 saturated heterocycles. The van der Waals surface area contributed by atoms with E-state index < -0.39 is 11.3 Å². The van der Waals surface area contributed by atoms with Crippen molar-refractivity contribution < 1.29 is 14.3 Å². The second-order valence-corrected chi connectivity index (χ2v) is 6.48. The fourth-order valence-corrected chi connectivity index (χ4v) is 2.41. The number of rotatable bonds is 3. The van der Waals surface area contributed by atoms with Gasteiger partial charge in [-0.1, -0.05) is 13.0 Å². The van der Waals surface area contributed by atoms with Crippen molar-refractivity contribution in [3.63, 3.8) is 0 Å². The van der Waals surface area contributed by atoms with Crippen LogP contribution >= 0.6 is 0 Å². The lowest BCUT2D eigenvalue weighted by atomic mass is 9.96. The summed E-state index contributed by atoms with van der Waals surface area (Å²) >= 11 is 0. The minimum Gasteiger partial charge on any atom is -0.444 e. The van der Waals surface area contributed by atoms with Crippen LogP contribution in [0.3, 0.4) is 0 Å². The SMILES string of the molecule is C=C[C@@H](CC)[C@H]1COC(C)(C)N1C(=O)OC(C)(C)C. The van der Waals surface area contributed by atoms with Gasteiger partial charge >= 0.3 is 6.09 Å². The third-order valence-corrected chi connectivity index (χ3v) is 3.38. The summed E-state index contributed by atoms with van der Waals surface area (Å²) in [6, 6.07) is -0.00708. The summed E-state index contributed by atoms with van der Waals surface area (Å²) < 4.78 is 11.3. The summed E-state index contributed by atoms with van der Waals surface area (Å²) in [6.07, 6.45) is 2.50. The van der Waals surface area contributed by atoms with Crippen LogP contribution in [-0.2, 0) is 9.47 Å². The predicted octanol–water partition coefficient (Wildman–Crippen LogP) is 3.57. The van der Waals surface area contributed by atoms with Crippen molar-refractivity contribution in [2.24, 2.45) is 5.92 Å². The molecule has 1 heterocycles. The zero-order valence-electron chi connectivity index (χ0n) is 13.0. The van der Waals surface area contributed by atoms with Gasteiger partial charge in [-0.05, 0) is 47.0 Å². The first kappa shape index (κ1) is 16.0. The molecule has 0 aromatic rings. The molecule has 1 amide bonds. The molecule has 2 atom stereocenters. The summed E-state index contributed by atoms with van der Waals surface area (Å²) in [5, 5.41) is 0. The lowest BCUT2D eigenvalue weighted by Crippen LogP contribution is -2.51. The van der Waals surface area contributed by atoms with E-state index in [1.54, 1.807) is 4.90 Å². The maximum atomic E-state index is 12.4. The van der Waals surface area contributed by atoms with E-state index in [9.17, 15) is 4.79 Å². The molecule has 0 aromatic heterocycles. The molecular formula is C15H27NO3. The lowest BCUT2D eigenvalue weighted by Gasteiger charge is -2.36. The number of carbonyl (C=O) groups excluding carboxylic acids is 1. The third-order valence-electron chi connectivity index (χ3n) is 3.38. The highest BCUT2D eigenvalue weighted by molar-refractivity contribution is 5.69. The molecule has 0 bridgehead atoms. The Morgan fingerprint density at radius 2 is 2.16 bits per heavy atom. The topological polar surface area (TPSA) is 38.8 Å². The van der Waals surface area contributed by atoms with Crippen molar-refractivity contribution in [2.75, 3.05) is 6.61 Å². The van der Waals surface area contributed by atoms with Gasteiger partial charge in [0, 0.05) is 0 Å². The van der Waals surface area contributed by atoms with Crippen molar-refractivity contribution in [1.82, 2.24) is 4.90 Å².